The van der Waals surface area contributed by atoms with Gasteiger partial charge in [-0.15, -0.1) is 0 Å². The predicted octanol–water partition coefficient (Wildman–Crippen LogP) is 2.47. The highest BCUT2D eigenvalue weighted by Crippen LogP contribution is 2.15. The van der Waals surface area contributed by atoms with Crippen molar-refractivity contribution in [2.75, 3.05) is 7.11 Å². The molecule has 0 unspecified atom stereocenters. The standard InChI is InChI=1S/C22H26N4O5/c1-4-6-12-26-20-19(21(28)24-22(26)29)25(5-2)17(23-20)14-31-18(27)11-10-15-8-7-9-16(13-15)30-3/h7-11,13H,4-6,12,14H2,1-3H3,(H,24,28,29)/b11-10+. The van der Waals surface area contributed by atoms with Crippen molar-refractivity contribution < 1.29 is 14.3 Å². The number of carbonyl (C=O) groups excluding carboxylic acids is 1. The molecule has 0 amide bonds. The van der Waals surface area contributed by atoms with Gasteiger partial charge in [0.15, 0.2) is 11.2 Å². The van der Waals surface area contributed by atoms with E-state index in [0.717, 1.165) is 18.4 Å². The molecule has 9 nitrogen and oxygen atoms in total. The average Bonchev–Trinajstić information content (AvgIpc) is 3.15. The zero-order valence-electron chi connectivity index (χ0n) is 17.9. The van der Waals surface area contributed by atoms with Crippen LogP contribution in [-0.2, 0) is 29.2 Å². The molecule has 1 N–H and O–H groups in total. The fraction of sp³-hybridized carbons (Fsp3) is 0.364. The third-order valence-electron chi connectivity index (χ3n) is 4.87. The number of hydrogen-bond acceptors (Lipinski definition) is 6. The summed E-state index contributed by atoms with van der Waals surface area (Å²) in [5.41, 5.74) is 0.413. The molecule has 0 saturated heterocycles. The largest absolute Gasteiger partial charge is 0.497 e. The Morgan fingerprint density at radius 2 is 2.03 bits per heavy atom. The topological polar surface area (TPSA) is 108 Å². The number of hydrogen-bond donors (Lipinski definition) is 1. The molecule has 0 bridgehead atoms. The highest BCUT2D eigenvalue weighted by Gasteiger charge is 2.18. The molecule has 1 aromatic carbocycles. The van der Waals surface area contributed by atoms with Gasteiger partial charge in [-0.1, -0.05) is 25.5 Å². The van der Waals surface area contributed by atoms with E-state index in [9.17, 15) is 14.4 Å². The number of aromatic amines is 1. The summed E-state index contributed by atoms with van der Waals surface area (Å²) in [5.74, 6) is 0.545. The molecule has 3 aromatic rings. The second-order valence-corrected chi connectivity index (χ2v) is 6.93. The first-order valence-electron chi connectivity index (χ1n) is 10.2. The van der Waals surface area contributed by atoms with Crippen molar-refractivity contribution >= 4 is 23.2 Å². The summed E-state index contributed by atoms with van der Waals surface area (Å²) in [5, 5.41) is 0. The van der Waals surface area contributed by atoms with E-state index in [1.807, 2.05) is 32.0 Å². The molecule has 0 saturated carbocycles. The lowest BCUT2D eigenvalue weighted by atomic mass is 10.2. The average molecular weight is 426 g/mol. The molecule has 0 radical (unpaired) electrons. The number of aryl methyl sites for hydroxylation is 2. The van der Waals surface area contributed by atoms with E-state index in [1.54, 1.807) is 23.8 Å². The van der Waals surface area contributed by atoms with Crippen LogP contribution < -0.4 is 16.0 Å². The van der Waals surface area contributed by atoms with Gasteiger partial charge in [-0.25, -0.2) is 14.6 Å². The number of fused-ring (bicyclic) bond motifs is 1. The van der Waals surface area contributed by atoms with Crippen molar-refractivity contribution in [3.05, 3.63) is 62.6 Å². The van der Waals surface area contributed by atoms with Crippen molar-refractivity contribution in [3.8, 4) is 5.75 Å². The number of esters is 1. The highest BCUT2D eigenvalue weighted by molar-refractivity contribution is 5.87. The molecule has 31 heavy (non-hydrogen) atoms. The number of rotatable bonds is 9. The Hall–Kier alpha value is -3.62. The first kappa shape index (κ1) is 22.1. The van der Waals surface area contributed by atoms with Crippen LogP contribution in [-0.4, -0.2) is 32.2 Å². The maximum Gasteiger partial charge on any atom is 0.331 e. The Balaban J connectivity index is 1.83. The highest BCUT2D eigenvalue weighted by atomic mass is 16.5. The molecule has 9 heteroatoms. The van der Waals surface area contributed by atoms with E-state index in [-0.39, 0.29) is 6.61 Å². The van der Waals surface area contributed by atoms with Gasteiger partial charge in [-0.3, -0.25) is 14.3 Å². The van der Waals surface area contributed by atoms with Crippen LogP contribution in [0.25, 0.3) is 17.2 Å². The number of carbonyl (C=O) groups is 1. The van der Waals surface area contributed by atoms with Gasteiger partial charge in [0.2, 0.25) is 0 Å². The Morgan fingerprint density at radius 3 is 2.74 bits per heavy atom. The minimum absolute atomic E-state index is 0.120. The minimum atomic E-state index is -0.546. The predicted molar refractivity (Wildman–Crippen MR) is 117 cm³/mol. The summed E-state index contributed by atoms with van der Waals surface area (Å²) in [6, 6.07) is 7.27. The fourth-order valence-corrected chi connectivity index (χ4v) is 3.29. The number of ether oxygens (including phenoxy) is 2. The third-order valence-corrected chi connectivity index (χ3v) is 4.87. The molecule has 0 spiro atoms. The molecule has 164 valence electrons. The molecule has 2 heterocycles. The molecule has 0 fully saturated rings. The van der Waals surface area contributed by atoms with E-state index < -0.39 is 17.2 Å². The van der Waals surface area contributed by atoms with Crippen LogP contribution in [0, 0.1) is 0 Å². The van der Waals surface area contributed by atoms with Crippen LogP contribution in [0.2, 0.25) is 0 Å². The van der Waals surface area contributed by atoms with Gasteiger partial charge in [-0.2, -0.15) is 0 Å². The number of methoxy groups -OCH3 is 1. The second-order valence-electron chi connectivity index (χ2n) is 6.93. The fourth-order valence-electron chi connectivity index (χ4n) is 3.29. The van der Waals surface area contributed by atoms with E-state index in [2.05, 4.69) is 9.97 Å². The summed E-state index contributed by atoms with van der Waals surface area (Å²) in [4.78, 5) is 43.7. The summed E-state index contributed by atoms with van der Waals surface area (Å²) in [6.45, 7) is 4.65. The van der Waals surface area contributed by atoms with Crippen LogP contribution in [0.3, 0.4) is 0 Å². The lowest BCUT2D eigenvalue weighted by Gasteiger charge is -2.06. The first-order chi connectivity index (χ1) is 15.0. The van der Waals surface area contributed by atoms with Crippen LogP contribution in [0.15, 0.2) is 39.9 Å². The Morgan fingerprint density at radius 1 is 1.23 bits per heavy atom. The Labute approximate surface area is 178 Å². The number of nitrogens with one attached hydrogen (secondary N) is 1. The van der Waals surface area contributed by atoms with Crippen molar-refractivity contribution in [2.45, 2.75) is 46.4 Å². The van der Waals surface area contributed by atoms with Gasteiger partial charge in [0.25, 0.3) is 5.56 Å². The number of H-pyrrole nitrogens is 1. The van der Waals surface area contributed by atoms with Crippen LogP contribution in [0.1, 0.15) is 38.1 Å². The number of benzene rings is 1. The molecular weight excluding hydrogens is 400 g/mol. The van der Waals surface area contributed by atoms with E-state index in [1.165, 1.54) is 10.6 Å². The molecule has 0 aliphatic heterocycles. The van der Waals surface area contributed by atoms with Gasteiger partial charge in [-0.05, 0) is 37.1 Å². The summed E-state index contributed by atoms with van der Waals surface area (Å²) >= 11 is 0. The quantitative estimate of drug-likeness (QED) is 0.416. The van der Waals surface area contributed by atoms with E-state index in [4.69, 9.17) is 9.47 Å². The van der Waals surface area contributed by atoms with Gasteiger partial charge in [0.05, 0.1) is 7.11 Å². The zero-order chi connectivity index (χ0) is 22.4. The normalized spacial score (nSPS) is 11.3. The Bertz CT molecular complexity index is 1220. The zero-order valence-corrected chi connectivity index (χ0v) is 17.9. The summed E-state index contributed by atoms with van der Waals surface area (Å²) in [6.07, 6.45) is 4.61. The molecular formula is C22H26N4O5. The van der Waals surface area contributed by atoms with Gasteiger partial charge in [0.1, 0.15) is 18.2 Å². The van der Waals surface area contributed by atoms with Crippen LogP contribution in [0.4, 0.5) is 0 Å². The second kappa shape index (κ2) is 9.92. The maximum atomic E-state index is 12.4. The Kier molecular flexibility index (Phi) is 7.07. The summed E-state index contributed by atoms with van der Waals surface area (Å²) in [7, 11) is 1.57. The number of unbranched alkanes of at least 4 members (excludes halogenated alkanes) is 1. The maximum absolute atomic E-state index is 12.4. The van der Waals surface area contributed by atoms with Crippen molar-refractivity contribution in [2.24, 2.45) is 0 Å². The number of aromatic nitrogens is 4. The first-order valence-corrected chi connectivity index (χ1v) is 10.2. The summed E-state index contributed by atoms with van der Waals surface area (Å²) < 4.78 is 13.6. The molecule has 0 aliphatic carbocycles. The van der Waals surface area contributed by atoms with Crippen molar-refractivity contribution in [3.63, 3.8) is 0 Å². The molecule has 3 rings (SSSR count). The van der Waals surface area contributed by atoms with Crippen LogP contribution >= 0.6 is 0 Å². The molecule has 2 aromatic heterocycles. The van der Waals surface area contributed by atoms with Gasteiger partial charge < -0.3 is 14.0 Å². The molecule has 0 atom stereocenters. The SMILES string of the molecule is CCCCn1c(=O)[nH]c(=O)c2c1nc(COC(=O)/C=C/c1cccc(OC)c1)n2CC. The lowest BCUT2D eigenvalue weighted by molar-refractivity contribution is -0.139. The molecule has 0 aliphatic rings. The number of imidazole rings is 1. The number of nitrogens with zero attached hydrogens (tertiary/aromatic N) is 3. The van der Waals surface area contributed by atoms with Crippen molar-refractivity contribution in [1.29, 1.82) is 0 Å². The monoisotopic (exact) mass is 426 g/mol. The van der Waals surface area contributed by atoms with Gasteiger partial charge >= 0.3 is 11.7 Å². The van der Waals surface area contributed by atoms with Gasteiger partial charge in [0, 0.05) is 19.2 Å². The van der Waals surface area contributed by atoms with Crippen LogP contribution in [0.5, 0.6) is 5.75 Å². The van der Waals surface area contributed by atoms with E-state index in [0.29, 0.717) is 35.8 Å². The minimum Gasteiger partial charge on any atom is -0.497 e. The lowest BCUT2D eigenvalue weighted by Crippen LogP contribution is -2.31. The smallest absolute Gasteiger partial charge is 0.331 e. The third kappa shape index (κ3) is 4.93. The van der Waals surface area contributed by atoms with Crippen molar-refractivity contribution in [1.82, 2.24) is 19.1 Å². The van der Waals surface area contributed by atoms with E-state index >= 15 is 0 Å².